The lowest BCUT2D eigenvalue weighted by atomic mass is 9.93. The van der Waals surface area contributed by atoms with Gasteiger partial charge in [-0.25, -0.2) is 5.14 Å². The van der Waals surface area contributed by atoms with Gasteiger partial charge in [0.1, 0.15) is 0 Å². The fourth-order valence-electron chi connectivity index (χ4n) is 2.85. The fraction of sp³-hybridized carbons (Fsp3) is 0.917. The largest absolute Gasteiger partial charge is 0.340 e. The van der Waals surface area contributed by atoms with E-state index in [0.717, 1.165) is 32.4 Å². The van der Waals surface area contributed by atoms with Crippen LogP contribution >= 0.6 is 12.4 Å². The van der Waals surface area contributed by atoms with E-state index in [1.54, 1.807) is 4.90 Å². The maximum atomic E-state index is 12.1. The van der Waals surface area contributed by atoms with Gasteiger partial charge >= 0.3 is 0 Å². The van der Waals surface area contributed by atoms with Crippen LogP contribution in [0.3, 0.4) is 0 Å². The molecule has 124 valence electrons. The number of nitrogens with two attached hydrogens (primary N) is 1. The third kappa shape index (κ3) is 5.71. The van der Waals surface area contributed by atoms with Gasteiger partial charge < -0.3 is 10.2 Å². The standard InChI is InChI=1S/C12H24N4O3S.ClH/c13-20(18,19)16-9-7-15(8-10-16)12(17)2-1-11-3-5-14-6-4-11;/h11,14H,1-10H2,(H2,13,18,19);1H. The minimum absolute atomic E-state index is 0. The maximum absolute atomic E-state index is 12.1. The van der Waals surface area contributed by atoms with Crippen molar-refractivity contribution in [2.24, 2.45) is 11.1 Å². The summed E-state index contributed by atoms with van der Waals surface area (Å²) in [5.74, 6) is 0.781. The van der Waals surface area contributed by atoms with E-state index in [9.17, 15) is 13.2 Å². The number of hydrogen-bond acceptors (Lipinski definition) is 4. The first kappa shape index (κ1) is 18.6. The Kier molecular flexibility index (Phi) is 7.35. The van der Waals surface area contributed by atoms with E-state index in [1.165, 1.54) is 4.31 Å². The maximum Gasteiger partial charge on any atom is 0.277 e. The first-order chi connectivity index (χ1) is 9.47. The summed E-state index contributed by atoms with van der Waals surface area (Å²) >= 11 is 0. The molecule has 1 amide bonds. The van der Waals surface area contributed by atoms with Crippen LogP contribution in [0.25, 0.3) is 0 Å². The molecular weight excluding hydrogens is 316 g/mol. The lowest BCUT2D eigenvalue weighted by Gasteiger charge is -2.33. The molecule has 0 aromatic carbocycles. The molecule has 2 heterocycles. The highest BCUT2D eigenvalue weighted by atomic mass is 35.5. The molecule has 2 saturated heterocycles. The molecule has 0 saturated carbocycles. The summed E-state index contributed by atoms with van der Waals surface area (Å²) < 4.78 is 23.6. The number of nitrogens with zero attached hydrogens (tertiary/aromatic N) is 2. The van der Waals surface area contributed by atoms with Gasteiger partial charge in [0.15, 0.2) is 0 Å². The zero-order chi connectivity index (χ0) is 14.6. The highest BCUT2D eigenvalue weighted by Crippen LogP contribution is 2.18. The van der Waals surface area contributed by atoms with Crippen molar-refractivity contribution in [2.75, 3.05) is 39.3 Å². The summed E-state index contributed by atoms with van der Waals surface area (Å²) in [5.41, 5.74) is 0. The van der Waals surface area contributed by atoms with E-state index >= 15 is 0 Å². The van der Waals surface area contributed by atoms with Crippen LogP contribution in [0.15, 0.2) is 0 Å². The van der Waals surface area contributed by atoms with Gasteiger partial charge in [-0.2, -0.15) is 12.7 Å². The number of piperidine rings is 1. The molecule has 0 atom stereocenters. The predicted octanol–water partition coefficient (Wildman–Crippen LogP) is -0.464. The number of halogens is 1. The summed E-state index contributed by atoms with van der Waals surface area (Å²) in [5, 5.41) is 8.39. The van der Waals surface area contributed by atoms with Crippen LogP contribution in [0.2, 0.25) is 0 Å². The third-order valence-corrected chi connectivity index (χ3v) is 5.26. The molecule has 3 N–H and O–H groups in total. The molecule has 9 heteroatoms. The Morgan fingerprint density at radius 3 is 2.24 bits per heavy atom. The predicted molar refractivity (Wildman–Crippen MR) is 83.3 cm³/mol. The van der Waals surface area contributed by atoms with Crippen LogP contribution in [-0.2, 0) is 15.0 Å². The second kappa shape index (κ2) is 8.28. The number of piperazine rings is 1. The SMILES string of the molecule is Cl.NS(=O)(=O)N1CCN(C(=O)CCC2CCNCC2)CC1. The van der Waals surface area contributed by atoms with Gasteiger partial charge in [-0.1, -0.05) is 0 Å². The Bertz CT molecular complexity index is 432. The number of carbonyl (C=O) groups excluding carboxylic acids is 1. The minimum Gasteiger partial charge on any atom is -0.340 e. The van der Waals surface area contributed by atoms with Crippen LogP contribution < -0.4 is 10.5 Å². The van der Waals surface area contributed by atoms with Crippen molar-refractivity contribution in [3.8, 4) is 0 Å². The third-order valence-electron chi connectivity index (χ3n) is 4.18. The Morgan fingerprint density at radius 2 is 1.71 bits per heavy atom. The molecule has 2 fully saturated rings. The fourth-order valence-corrected chi connectivity index (χ4v) is 3.52. The highest BCUT2D eigenvalue weighted by molar-refractivity contribution is 7.86. The number of hydrogen-bond donors (Lipinski definition) is 2. The van der Waals surface area contributed by atoms with Crippen LogP contribution in [0.1, 0.15) is 25.7 Å². The molecule has 0 spiro atoms. The molecular formula is C12H25ClN4O3S. The Labute approximate surface area is 132 Å². The lowest BCUT2D eigenvalue weighted by Crippen LogP contribution is -2.52. The van der Waals surface area contributed by atoms with Crippen molar-refractivity contribution >= 4 is 28.5 Å². The number of amides is 1. The van der Waals surface area contributed by atoms with E-state index in [0.29, 0.717) is 38.5 Å². The van der Waals surface area contributed by atoms with Crippen molar-refractivity contribution in [1.29, 1.82) is 0 Å². The van der Waals surface area contributed by atoms with E-state index in [4.69, 9.17) is 5.14 Å². The van der Waals surface area contributed by atoms with Crippen molar-refractivity contribution in [1.82, 2.24) is 14.5 Å². The van der Waals surface area contributed by atoms with Gasteiger partial charge in [-0.3, -0.25) is 4.79 Å². The van der Waals surface area contributed by atoms with Gasteiger partial charge in [0.05, 0.1) is 0 Å². The smallest absolute Gasteiger partial charge is 0.277 e. The molecule has 0 aromatic heterocycles. The average Bonchev–Trinajstić information content (AvgIpc) is 2.45. The summed E-state index contributed by atoms with van der Waals surface area (Å²) in [4.78, 5) is 13.9. The second-order valence-corrected chi connectivity index (χ2v) is 7.10. The first-order valence-corrected chi connectivity index (χ1v) is 8.73. The van der Waals surface area contributed by atoms with Crippen molar-refractivity contribution < 1.29 is 13.2 Å². The number of carbonyl (C=O) groups is 1. The monoisotopic (exact) mass is 340 g/mol. The van der Waals surface area contributed by atoms with Gasteiger partial charge in [0.25, 0.3) is 10.2 Å². The lowest BCUT2D eigenvalue weighted by molar-refractivity contribution is -0.132. The molecule has 0 radical (unpaired) electrons. The molecule has 0 unspecified atom stereocenters. The van der Waals surface area contributed by atoms with Crippen molar-refractivity contribution in [3.05, 3.63) is 0 Å². The molecule has 0 aromatic rings. The Morgan fingerprint density at radius 1 is 1.14 bits per heavy atom. The first-order valence-electron chi connectivity index (χ1n) is 7.23. The molecule has 2 aliphatic heterocycles. The summed E-state index contributed by atoms with van der Waals surface area (Å²) in [6, 6.07) is 0. The zero-order valence-electron chi connectivity index (χ0n) is 12.2. The van der Waals surface area contributed by atoms with Crippen LogP contribution in [0, 0.1) is 5.92 Å². The quantitative estimate of drug-likeness (QED) is 0.723. The van der Waals surface area contributed by atoms with Crippen LogP contribution in [0.4, 0.5) is 0 Å². The summed E-state index contributed by atoms with van der Waals surface area (Å²) in [6.45, 7) is 3.59. The zero-order valence-corrected chi connectivity index (χ0v) is 13.8. The Balaban J connectivity index is 0.00000220. The van der Waals surface area contributed by atoms with Gasteiger partial charge in [-0.15, -0.1) is 12.4 Å². The van der Waals surface area contributed by atoms with E-state index in [1.807, 2.05) is 0 Å². The molecule has 21 heavy (non-hydrogen) atoms. The van der Waals surface area contributed by atoms with Crippen molar-refractivity contribution in [2.45, 2.75) is 25.7 Å². The van der Waals surface area contributed by atoms with E-state index in [2.05, 4.69) is 5.32 Å². The van der Waals surface area contributed by atoms with E-state index < -0.39 is 10.2 Å². The van der Waals surface area contributed by atoms with Gasteiger partial charge in [0, 0.05) is 32.6 Å². The van der Waals surface area contributed by atoms with Crippen LogP contribution in [-0.4, -0.2) is 62.8 Å². The average molecular weight is 341 g/mol. The molecule has 0 aliphatic carbocycles. The Hall–Kier alpha value is -0.410. The van der Waals surface area contributed by atoms with Gasteiger partial charge in [0.2, 0.25) is 5.91 Å². The normalized spacial score (nSPS) is 21.9. The highest BCUT2D eigenvalue weighted by Gasteiger charge is 2.26. The van der Waals surface area contributed by atoms with Gasteiger partial charge in [-0.05, 0) is 38.3 Å². The summed E-state index contributed by atoms with van der Waals surface area (Å²) in [6.07, 6.45) is 3.80. The molecule has 2 aliphatic rings. The van der Waals surface area contributed by atoms with E-state index in [-0.39, 0.29) is 18.3 Å². The topological polar surface area (TPSA) is 95.7 Å². The molecule has 2 rings (SSSR count). The number of rotatable bonds is 4. The summed E-state index contributed by atoms with van der Waals surface area (Å²) in [7, 11) is -3.62. The van der Waals surface area contributed by atoms with Crippen molar-refractivity contribution in [3.63, 3.8) is 0 Å². The molecule has 0 bridgehead atoms. The van der Waals surface area contributed by atoms with Crippen LogP contribution in [0.5, 0.6) is 0 Å². The minimum atomic E-state index is -3.62. The second-order valence-electron chi connectivity index (χ2n) is 5.56. The molecule has 7 nitrogen and oxygen atoms in total. The number of nitrogens with one attached hydrogen (secondary N) is 1.